The van der Waals surface area contributed by atoms with E-state index in [1.54, 1.807) is 23.2 Å². The predicted molar refractivity (Wildman–Crippen MR) is 58.0 cm³/mol. The van der Waals surface area contributed by atoms with Crippen LogP contribution in [-0.2, 0) is 0 Å². The number of carbonyl (C=O) groups is 1. The Bertz CT molecular complexity index is 336. The normalized spacial score (nSPS) is 10.3. The first kappa shape index (κ1) is 10.5. The van der Waals surface area contributed by atoms with Gasteiger partial charge in [-0.05, 0) is 32.0 Å². The van der Waals surface area contributed by atoms with Crippen LogP contribution >= 0.6 is 0 Å². The van der Waals surface area contributed by atoms with Gasteiger partial charge in [-0.3, -0.25) is 4.79 Å². The Morgan fingerprint density at radius 2 is 2.07 bits per heavy atom. The summed E-state index contributed by atoms with van der Waals surface area (Å²) < 4.78 is 0. The zero-order valence-corrected chi connectivity index (χ0v) is 8.40. The van der Waals surface area contributed by atoms with E-state index in [0.29, 0.717) is 11.3 Å². The van der Waals surface area contributed by atoms with E-state index in [2.05, 4.69) is 0 Å². The van der Waals surface area contributed by atoms with Crippen LogP contribution in [0.4, 0.5) is 11.4 Å². The molecule has 0 unspecified atom stereocenters. The fourth-order valence-corrected chi connectivity index (χ4v) is 1.16. The van der Waals surface area contributed by atoms with Gasteiger partial charge in [-0.25, -0.2) is 5.84 Å². The van der Waals surface area contributed by atoms with Crippen molar-refractivity contribution in [1.82, 2.24) is 0 Å². The molecule has 0 radical (unpaired) electrons. The Hall–Kier alpha value is -1.55. The van der Waals surface area contributed by atoms with Gasteiger partial charge in [0.05, 0.1) is 11.4 Å². The number of carbonyl (C=O) groups excluding carboxylic acids is 1. The van der Waals surface area contributed by atoms with Gasteiger partial charge in [0.1, 0.15) is 6.29 Å². The van der Waals surface area contributed by atoms with Crippen molar-refractivity contribution < 1.29 is 4.79 Å². The molecule has 4 nitrogen and oxygen atoms in total. The van der Waals surface area contributed by atoms with Crippen LogP contribution in [0.5, 0.6) is 0 Å². The van der Waals surface area contributed by atoms with Crippen molar-refractivity contribution >= 4 is 17.7 Å². The smallest absolute Gasteiger partial charge is 0.150 e. The molecule has 0 bridgehead atoms. The Kier molecular flexibility index (Phi) is 3.09. The summed E-state index contributed by atoms with van der Waals surface area (Å²) in [5, 5.41) is 1.57. The predicted octanol–water partition coefficient (Wildman–Crippen LogP) is 1.17. The molecule has 0 heterocycles. The van der Waals surface area contributed by atoms with Gasteiger partial charge < -0.3 is 10.7 Å². The Morgan fingerprint density at radius 3 is 2.50 bits per heavy atom. The molecule has 1 aromatic rings. The minimum Gasteiger partial charge on any atom is -0.397 e. The summed E-state index contributed by atoms with van der Waals surface area (Å²) in [6.45, 7) is 3.93. The molecule has 0 spiro atoms. The molecule has 1 rings (SSSR count). The largest absolute Gasteiger partial charge is 0.397 e. The van der Waals surface area contributed by atoms with E-state index in [0.717, 1.165) is 12.0 Å². The quantitative estimate of drug-likeness (QED) is 0.327. The maximum atomic E-state index is 10.5. The fraction of sp³-hybridized carbons (Fsp3) is 0.300. The lowest BCUT2D eigenvalue weighted by Gasteiger charge is -2.24. The van der Waals surface area contributed by atoms with E-state index in [9.17, 15) is 4.79 Å². The lowest BCUT2D eigenvalue weighted by Crippen LogP contribution is -2.37. The second kappa shape index (κ2) is 4.11. The first-order valence-electron chi connectivity index (χ1n) is 4.45. The molecule has 1 aromatic carbocycles. The van der Waals surface area contributed by atoms with Crippen molar-refractivity contribution in [2.75, 3.05) is 10.7 Å². The zero-order chi connectivity index (χ0) is 10.7. The molecule has 4 N–H and O–H groups in total. The van der Waals surface area contributed by atoms with E-state index in [1.165, 1.54) is 0 Å². The van der Waals surface area contributed by atoms with Crippen molar-refractivity contribution in [3.8, 4) is 0 Å². The minimum absolute atomic E-state index is 0.166. The van der Waals surface area contributed by atoms with E-state index in [1.807, 2.05) is 13.8 Å². The number of aldehydes is 1. The average molecular weight is 193 g/mol. The molecule has 0 aliphatic rings. The van der Waals surface area contributed by atoms with Crippen molar-refractivity contribution in [3.63, 3.8) is 0 Å². The highest BCUT2D eigenvalue weighted by Gasteiger charge is 2.09. The van der Waals surface area contributed by atoms with Gasteiger partial charge in [0, 0.05) is 11.6 Å². The molecule has 0 aliphatic heterocycles. The van der Waals surface area contributed by atoms with Crippen LogP contribution in [0.25, 0.3) is 0 Å². The topological polar surface area (TPSA) is 72.3 Å². The highest BCUT2D eigenvalue weighted by Crippen LogP contribution is 2.22. The number of hydrogen-bond acceptors (Lipinski definition) is 4. The number of hydrazine groups is 1. The number of nitrogen functional groups attached to an aromatic ring is 1. The maximum Gasteiger partial charge on any atom is 0.150 e. The Balaban J connectivity index is 3.05. The molecular weight excluding hydrogens is 178 g/mol. The van der Waals surface area contributed by atoms with E-state index in [4.69, 9.17) is 11.6 Å². The lowest BCUT2D eigenvalue weighted by atomic mass is 10.1. The van der Waals surface area contributed by atoms with Gasteiger partial charge in [-0.1, -0.05) is 0 Å². The number of benzene rings is 1. The van der Waals surface area contributed by atoms with Gasteiger partial charge in [-0.2, -0.15) is 0 Å². The number of anilines is 2. The van der Waals surface area contributed by atoms with Crippen molar-refractivity contribution in [1.29, 1.82) is 0 Å². The van der Waals surface area contributed by atoms with Crippen LogP contribution in [0, 0.1) is 0 Å². The van der Waals surface area contributed by atoms with Gasteiger partial charge in [0.15, 0.2) is 0 Å². The zero-order valence-electron chi connectivity index (χ0n) is 8.40. The molecule has 0 fully saturated rings. The highest BCUT2D eigenvalue weighted by molar-refractivity contribution is 5.81. The average Bonchev–Trinajstić information content (AvgIpc) is 2.16. The molecule has 76 valence electrons. The Labute approximate surface area is 83.5 Å². The minimum atomic E-state index is 0.166. The molecule has 0 saturated carbocycles. The molecular formula is C10H15N3O. The molecule has 0 amide bonds. The molecule has 0 saturated heterocycles. The van der Waals surface area contributed by atoms with Crippen LogP contribution in [0.15, 0.2) is 18.2 Å². The summed E-state index contributed by atoms with van der Waals surface area (Å²) in [7, 11) is 0. The summed E-state index contributed by atoms with van der Waals surface area (Å²) >= 11 is 0. The standard InChI is InChI=1S/C10H15N3O/c1-7(2)13(12)10-4-3-8(6-14)5-9(10)11/h3-7H,11-12H2,1-2H3. The molecule has 14 heavy (non-hydrogen) atoms. The number of hydrogen-bond donors (Lipinski definition) is 2. The van der Waals surface area contributed by atoms with Crippen LogP contribution in [0.2, 0.25) is 0 Å². The van der Waals surface area contributed by atoms with Gasteiger partial charge in [-0.15, -0.1) is 0 Å². The first-order valence-corrected chi connectivity index (χ1v) is 4.45. The monoisotopic (exact) mass is 193 g/mol. The second-order valence-corrected chi connectivity index (χ2v) is 3.44. The summed E-state index contributed by atoms with van der Waals surface area (Å²) in [6, 6.07) is 5.23. The van der Waals surface area contributed by atoms with E-state index < -0.39 is 0 Å². The van der Waals surface area contributed by atoms with Gasteiger partial charge in [0.25, 0.3) is 0 Å². The second-order valence-electron chi connectivity index (χ2n) is 3.44. The molecule has 4 heteroatoms. The summed E-state index contributed by atoms with van der Waals surface area (Å²) in [5.41, 5.74) is 7.57. The first-order chi connectivity index (χ1) is 6.56. The summed E-state index contributed by atoms with van der Waals surface area (Å²) in [5.74, 6) is 5.80. The Morgan fingerprint density at radius 1 is 1.43 bits per heavy atom. The summed E-state index contributed by atoms with van der Waals surface area (Å²) in [6.07, 6.45) is 0.760. The number of rotatable bonds is 3. The van der Waals surface area contributed by atoms with E-state index in [-0.39, 0.29) is 6.04 Å². The van der Waals surface area contributed by atoms with Crippen LogP contribution in [0.1, 0.15) is 24.2 Å². The number of nitrogens with two attached hydrogens (primary N) is 2. The van der Waals surface area contributed by atoms with Crippen molar-refractivity contribution in [2.24, 2.45) is 5.84 Å². The third-order valence-corrected chi connectivity index (χ3v) is 2.02. The third kappa shape index (κ3) is 2.03. The van der Waals surface area contributed by atoms with Crippen LogP contribution < -0.4 is 16.6 Å². The number of nitrogens with zero attached hydrogens (tertiary/aromatic N) is 1. The van der Waals surface area contributed by atoms with Gasteiger partial charge in [0.2, 0.25) is 0 Å². The highest BCUT2D eigenvalue weighted by atomic mass is 16.1. The lowest BCUT2D eigenvalue weighted by molar-refractivity contribution is 0.112. The molecule has 0 aliphatic carbocycles. The third-order valence-electron chi connectivity index (χ3n) is 2.02. The van der Waals surface area contributed by atoms with Crippen LogP contribution in [-0.4, -0.2) is 12.3 Å². The maximum absolute atomic E-state index is 10.5. The molecule has 0 aromatic heterocycles. The SMILES string of the molecule is CC(C)N(N)c1ccc(C=O)cc1N. The van der Waals surface area contributed by atoms with E-state index >= 15 is 0 Å². The van der Waals surface area contributed by atoms with Crippen molar-refractivity contribution in [3.05, 3.63) is 23.8 Å². The van der Waals surface area contributed by atoms with Crippen LogP contribution in [0.3, 0.4) is 0 Å². The van der Waals surface area contributed by atoms with Crippen molar-refractivity contribution in [2.45, 2.75) is 19.9 Å². The van der Waals surface area contributed by atoms with Gasteiger partial charge >= 0.3 is 0 Å². The summed E-state index contributed by atoms with van der Waals surface area (Å²) in [4.78, 5) is 10.5. The molecule has 0 atom stereocenters. The fourth-order valence-electron chi connectivity index (χ4n) is 1.16.